The first-order valence-corrected chi connectivity index (χ1v) is 8.74. The van der Waals surface area contributed by atoms with Gasteiger partial charge < -0.3 is 9.15 Å². The van der Waals surface area contributed by atoms with Crippen molar-refractivity contribution in [2.24, 2.45) is 0 Å². The van der Waals surface area contributed by atoms with Crippen LogP contribution in [0.2, 0.25) is 0 Å². The average Bonchev–Trinajstić information content (AvgIpc) is 3.34. The maximum atomic E-state index is 12.4. The molecule has 4 aromatic rings. The molecule has 0 aliphatic heterocycles. The summed E-state index contributed by atoms with van der Waals surface area (Å²) in [7, 11) is 0. The molecule has 0 N–H and O–H groups in total. The summed E-state index contributed by atoms with van der Waals surface area (Å²) in [5.74, 6) is 1.96. The molecule has 0 atom stereocenters. The first-order chi connectivity index (χ1) is 12.2. The first-order valence-electron chi connectivity index (χ1n) is 7.92. The van der Waals surface area contributed by atoms with Crippen LogP contribution in [0.1, 0.15) is 19.1 Å². The summed E-state index contributed by atoms with van der Waals surface area (Å²) in [6.07, 6.45) is 4.23. The van der Waals surface area contributed by atoms with Crippen molar-refractivity contribution >= 4 is 22.4 Å². The Labute approximate surface area is 147 Å². The van der Waals surface area contributed by atoms with E-state index in [1.54, 1.807) is 24.5 Å². The van der Waals surface area contributed by atoms with E-state index in [0.717, 1.165) is 17.7 Å². The lowest BCUT2D eigenvalue weighted by Gasteiger charge is -2.04. The van der Waals surface area contributed by atoms with Crippen LogP contribution < -0.4 is 14.8 Å². The summed E-state index contributed by atoms with van der Waals surface area (Å²) in [5, 5.41) is 4.34. The molecule has 0 spiro atoms. The zero-order valence-electron chi connectivity index (χ0n) is 13.5. The number of ether oxygens (including phenoxy) is 1. The Morgan fingerprint density at radius 2 is 2.12 bits per heavy atom. The van der Waals surface area contributed by atoms with Crippen molar-refractivity contribution in [3.8, 4) is 17.1 Å². The Bertz CT molecular complexity index is 1100. The summed E-state index contributed by atoms with van der Waals surface area (Å²) >= 11 is 1.29. The van der Waals surface area contributed by atoms with Gasteiger partial charge >= 0.3 is 0 Å². The maximum absolute atomic E-state index is 12.4. The zero-order chi connectivity index (χ0) is 17.2. The molecule has 0 unspecified atom stereocenters. The second-order valence-electron chi connectivity index (χ2n) is 5.43. The predicted molar refractivity (Wildman–Crippen MR) is 95.8 cm³/mol. The summed E-state index contributed by atoms with van der Waals surface area (Å²) in [5.41, 5.74) is 0.647. The molecule has 0 fully saturated rings. The summed E-state index contributed by atoms with van der Waals surface area (Å²) in [4.78, 5) is 17.5. The van der Waals surface area contributed by atoms with Crippen molar-refractivity contribution in [2.45, 2.75) is 13.3 Å². The highest BCUT2D eigenvalue weighted by molar-refractivity contribution is 7.15. The number of hydrogen-bond donors (Lipinski definition) is 0. The van der Waals surface area contributed by atoms with Gasteiger partial charge in [0.1, 0.15) is 16.0 Å². The highest BCUT2D eigenvalue weighted by Crippen LogP contribution is 2.20. The normalized spacial score (nSPS) is 12.1. The molecule has 126 valence electrons. The number of furan rings is 1. The van der Waals surface area contributed by atoms with Crippen LogP contribution in [-0.2, 0) is 0 Å². The van der Waals surface area contributed by atoms with Crippen LogP contribution >= 0.6 is 11.3 Å². The summed E-state index contributed by atoms with van der Waals surface area (Å²) in [6, 6.07) is 11.1. The van der Waals surface area contributed by atoms with Gasteiger partial charge in [-0.05, 0) is 42.8 Å². The van der Waals surface area contributed by atoms with Crippen molar-refractivity contribution in [1.82, 2.24) is 14.6 Å². The number of aromatic nitrogens is 3. The van der Waals surface area contributed by atoms with E-state index in [0.29, 0.717) is 27.7 Å². The smallest absolute Gasteiger partial charge is 0.291 e. The molecular weight excluding hydrogens is 338 g/mol. The van der Waals surface area contributed by atoms with Gasteiger partial charge in [-0.15, -0.1) is 5.10 Å². The van der Waals surface area contributed by atoms with Crippen LogP contribution in [0.4, 0.5) is 0 Å². The number of rotatable bonds is 5. The van der Waals surface area contributed by atoms with Crippen LogP contribution in [0.5, 0.6) is 5.75 Å². The number of fused-ring (bicyclic) bond motifs is 1. The third-order valence-electron chi connectivity index (χ3n) is 3.58. The van der Waals surface area contributed by atoms with Crippen LogP contribution in [0, 0.1) is 0 Å². The Kier molecular flexibility index (Phi) is 4.07. The fourth-order valence-corrected chi connectivity index (χ4v) is 3.27. The Morgan fingerprint density at radius 1 is 1.28 bits per heavy atom. The van der Waals surface area contributed by atoms with E-state index in [-0.39, 0.29) is 5.56 Å². The minimum absolute atomic E-state index is 0.196. The lowest BCUT2D eigenvalue weighted by Crippen LogP contribution is -2.23. The van der Waals surface area contributed by atoms with Gasteiger partial charge in [0.2, 0.25) is 4.96 Å². The van der Waals surface area contributed by atoms with Crippen molar-refractivity contribution in [2.75, 3.05) is 6.61 Å². The summed E-state index contributed by atoms with van der Waals surface area (Å²) < 4.78 is 12.7. The first kappa shape index (κ1) is 15.6. The molecule has 0 radical (unpaired) electrons. The molecule has 7 heteroatoms. The average molecular weight is 353 g/mol. The minimum Gasteiger partial charge on any atom is -0.494 e. The molecule has 0 bridgehead atoms. The predicted octanol–water partition coefficient (Wildman–Crippen LogP) is 2.75. The topological polar surface area (TPSA) is 69.6 Å². The lowest BCUT2D eigenvalue weighted by atomic mass is 10.2. The van der Waals surface area contributed by atoms with Crippen molar-refractivity contribution < 1.29 is 9.15 Å². The van der Waals surface area contributed by atoms with E-state index in [4.69, 9.17) is 9.15 Å². The maximum Gasteiger partial charge on any atom is 0.291 e. The van der Waals surface area contributed by atoms with Gasteiger partial charge in [-0.25, -0.2) is 0 Å². The van der Waals surface area contributed by atoms with Crippen LogP contribution in [0.25, 0.3) is 22.4 Å². The Morgan fingerprint density at radius 3 is 2.80 bits per heavy atom. The molecule has 0 amide bonds. The van der Waals surface area contributed by atoms with Gasteiger partial charge in [0.15, 0.2) is 5.82 Å². The quantitative estimate of drug-likeness (QED) is 0.552. The molecule has 1 aromatic carbocycles. The molecule has 0 saturated carbocycles. The third kappa shape index (κ3) is 3.06. The van der Waals surface area contributed by atoms with Crippen LogP contribution in [0.15, 0.2) is 51.9 Å². The molecule has 6 nitrogen and oxygen atoms in total. The van der Waals surface area contributed by atoms with E-state index < -0.39 is 0 Å². The van der Waals surface area contributed by atoms with Gasteiger partial charge in [0, 0.05) is 11.6 Å². The molecule has 0 saturated heterocycles. The van der Waals surface area contributed by atoms with Crippen molar-refractivity contribution in [3.63, 3.8) is 0 Å². The number of hydrogen-bond acceptors (Lipinski definition) is 6. The zero-order valence-corrected chi connectivity index (χ0v) is 14.3. The Hall–Kier alpha value is -2.93. The monoisotopic (exact) mass is 353 g/mol. The summed E-state index contributed by atoms with van der Waals surface area (Å²) in [6.45, 7) is 2.75. The molecular formula is C18H15N3O3S. The minimum atomic E-state index is -0.196. The second kappa shape index (κ2) is 6.52. The van der Waals surface area contributed by atoms with E-state index in [1.165, 1.54) is 15.9 Å². The van der Waals surface area contributed by atoms with Gasteiger partial charge in [-0.3, -0.25) is 4.79 Å². The van der Waals surface area contributed by atoms with Crippen molar-refractivity contribution in [1.29, 1.82) is 0 Å². The van der Waals surface area contributed by atoms with E-state index in [1.807, 2.05) is 24.3 Å². The van der Waals surface area contributed by atoms with Gasteiger partial charge in [-0.2, -0.15) is 9.50 Å². The number of thiazole rings is 1. The van der Waals surface area contributed by atoms with Gasteiger partial charge in [0.25, 0.3) is 5.56 Å². The van der Waals surface area contributed by atoms with Crippen LogP contribution in [0.3, 0.4) is 0 Å². The number of nitrogens with zero attached hydrogens (tertiary/aromatic N) is 3. The standard InChI is InChI=1S/C18H15N3O3S/c1-2-9-23-13-7-5-12(6-8-13)16-19-18-21(20-16)17(22)15(25-18)11-14-4-3-10-24-14/h3-8,10-11H,2,9H2,1H3. The highest BCUT2D eigenvalue weighted by atomic mass is 32.1. The highest BCUT2D eigenvalue weighted by Gasteiger charge is 2.12. The molecule has 3 heterocycles. The Balaban J connectivity index is 1.67. The SMILES string of the molecule is CCCOc1ccc(-c2nc3sc(=Cc4ccco4)c(=O)n3n2)cc1. The molecule has 0 aliphatic rings. The second-order valence-corrected chi connectivity index (χ2v) is 6.44. The number of benzene rings is 1. The van der Waals surface area contributed by atoms with E-state index >= 15 is 0 Å². The fraction of sp³-hybridized carbons (Fsp3) is 0.167. The van der Waals surface area contributed by atoms with Crippen LogP contribution in [-0.4, -0.2) is 21.2 Å². The molecule has 25 heavy (non-hydrogen) atoms. The van der Waals surface area contributed by atoms with E-state index in [9.17, 15) is 4.79 Å². The van der Waals surface area contributed by atoms with Crippen molar-refractivity contribution in [3.05, 3.63) is 63.3 Å². The lowest BCUT2D eigenvalue weighted by molar-refractivity contribution is 0.317. The molecule has 4 rings (SSSR count). The molecule has 0 aliphatic carbocycles. The van der Waals surface area contributed by atoms with E-state index in [2.05, 4.69) is 17.0 Å². The largest absolute Gasteiger partial charge is 0.494 e. The third-order valence-corrected chi connectivity index (χ3v) is 4.54. The van der Waals surface area contributed by atoms with Gasteiger partial charge in [-0.1, -0.05) is 18.3 Å². The van der Waals surface area contributed by atoms with Gasteiger partial charge in [0.05, 0.1) is 12.9 Å². The fourth-order valence-electron chi connectivity index (χ4n) is 2.38. The molecule has 3 aromatic heterocycles.